The van der Waals surface area contributed by atoms with Crippen molar-refractivity contribution >= 4 is 26.9 Å². The lowest BCUT2D eigenvalue weighted by molar-refractivity contribution is 0.149. The molecule has 0 bridgehead atoms. The SMILES string of the molecule is CCCn1ccnc1CC(O)c1cc2cccc(Br)c2o1. The number of rotatable bonds is 5. The Kier molecular flexibility index (Phi) is 4.12. The molecule has 4 nitrogen and oxygen atoms in total. The Bertz CT molecular complexity index is 748. The van der Waals surface area contributed by atoms with Crippen molar-refractivity contribution in [1.29, 1.82) is 0 Å². The van der Waals surface area contributed by atoms with Crippen LogP contribution in [0.25, 0.3) is 11.0 Å². The van der Waals surface area contributed by atoms with E-state index in [1.165, 1.54) is 0 Å². The first-order valence-corrected chi connectivity index (χ1v) is 7.84. The van der Waals surface area contributed by atoms with Crippen molar-refractivity contribution in [2.24, 2.45) is 0 Å². The molecule has 0 aliphatic rings. The van der Waals surface area contributed by atoms with E-state index >= 15 is 0 Å². The highest BCUT2D eigenvalue weighted by atomic mass is 79.9. The Balaban J connectivity index is 1.85. The first kappa shape index (κ1) is 14.4. The highest BCUT2D eigenvalue weighted by Gasteiger charge is 2.17. The number of aromatic nitrogens is 2. The molecular formula is C16H17BrN2O2. The largest absolute Gasteiger partial charge is 0.457 e. The number of imidazole rings is 1. The lowest BCUT2D eigenvalue weighted by Gasteiger charge is -2.09. The number of hydrogen-bond acceptors (Lipinski definition) is 3. The molecule has 21 heavy (non-hydrogen) atoms. The average Bonchev–Trinajstić information content (AvgIpc) is 3.07. The van der Waals surface area contributed by atoms with Crippen LogP contribution in [0.4, 0.5) is 0 Å². The predicted octanol–water partition coefficient (Wildman–Crippen LogP) is 4.08. The first-order valence-electron chi connectivity index (χ1n) is 7.05. The van der Waals surface area contributed by atoms with Crippen molar-refractivity contribution in [3.63, 3.8) is 0 Å². The summed E-state index contributed by atoms with van der Waals surface area (Å²) in [7, 11) is 0. The van der Waals surface area contributed by atoms with E-state index in [1.54, 1.807) is 6.20 Å². The van der Waals surface area contributed by atoms with Gasteiger partial charge in [0.25, 0.3) is 0 Å². The fourth-order valence-electron chi connectivity index (χ4n) is 2.46. The molecule has 2 heterocycles. The van der Waals surface area contributed by atoms with Crippen molar-refractivity contribution in [3.8, 4) is 0 Å². The number of aryl methyl sites for hydroxylation is 1. The molecule has 2 aromatic heterocycles. The molecule has 110 valence electrons. The maximum atomic E-state index is 10.4. The molecule has 0 radical (unpaired) electrons. The summed E-state index contributed by atoms with van der Waals surface area (Å²) in [5.74, 6) is 1.45. The molecule has 1 atom stereocenters. The van der Waals surface area contributed by atoms with Crippen molar-refractivity contribution in [1.82, 2.24) is 9.55 Å². The minimum Gasteiger partial charge on any atom is -0.457 e. The van der Waals surface area contributed by atoms with E-state index in [9.17, 15) is 5.11 Å². The zero-order valence-electron chi connectivity index (χ0n) is 11.8. The van der Waals surface area contributed by atoms with Gasteiger partial charge in [-0.25, -0.2) is 4.98 Å². The van der Waals surface area contributed by atoms with Crippen LogP contribution in [0.1, 0.15) is 31.0 Å². The summed E-state index contributed by atoms with van der Waals surface area (Å²) in [5, 5.41) is 11.4. The summed E-state index contributed by atoms with van der Waals surface area (Å²) in [5.41, 5.74) is 0.767. The Labute approximate surface area is 131 Å². The fraction of sp³-hybridized carbons (Fsp3) is 0.312. The summed E-state index contributed by atoms with van der Waals surface area (Å²) in [4.78, 5) is 4.32. The van der Waals surface area contributed by atoms with Crippen LogP contribution in [0, 0.1) is 0 Å². The highest BCUT2D eigenvalue weighted by molar-refractivity contribution is 9.10. The second kappa shape index (κ2) is 6.03. The van der Waals surface area contributed by atoms with Gasteiger partial charge in [0.1, 0.15) is 23.3 Å². The standard InChI is InChI=1S/C16H17BrN2O2/c1-2-7-19-8-6-18-15(19)10-13(20)14-9-11-4-3-5-12(17)16(11)21-14/h3-6,8-9,13,20H,2,7,10H2,1H3. The minimum absolute atomic E-state index is 0.449. The van der Waals surface area contributed by atoms with Crippen molar-refractivity contribution < 1.29 is 9.52 Å². The third-order valence-corrected chi connectivity index (χ3v) is 4.11. The molecule has 3 rings (SSSR count). The van der Waals surface area contributed by atoms with Crippen LogP contribution in [0.15, 0.2) is 45.5 Å². The molecular weight excluding hydrogens is 332 g/mol. The number of para-hydroxylation sites is 1. The van der Waals surface area contributed by atoms with Gasteiger partial charge < -0.3 is 14.1 Å². The van der Waals surface area contributed by atoms with E-state index in [0.717, 1.165) is 34.2 Å². The summed E-state index contributed by atoms with van der Waals surface area (Å²) >= 11 is 3.46. The molecule has 1 unspecified atom stereocenters. The fourth-order valence-corrected chi connectivity index (χ4v) is 2.92. The molecule has 5 heteroatoms. The van der Waals surface area contributed by atoms with Gasteiger partial charge in [0, 0.05) is 30.7 Å². The number of nitrogens with zero attached hydrogens (tertiary/aromatic N) is 2. The minimum atomic E-state index is -0.692. The average molecular weight is 349 g/mol. The summed E-state index contributed by atoms with van der Waals surface area (Å²) in [6.45, 7) is 3.03. The predicted molar refractivity (Wildman–Crippen MR) is 85.1 cm³/mol. The van der Waals surface area contributed by atoms with Gasteiger partial charge in [-0.15, -0.1) is 0 Å². The molecule has 0 fully saturated rings. The Morgan fingerprint density at radius 3 is 3.05 bits per heavy atom. The molecule has 1 N–H and O–H groups in total. The number of halogens is 1. The summed E-state index contributed by atoms with van der Waals surface area (Å²) < 4.78 is 8.74. The van der Waals surface area contributed by atoms with E-state index in [4.69, 9.17) is 4.42 Å². The molecule has 0 saturated carbocycles. The Morgan fingerprint density at radius 1 is 1.43 bits per heavy atom. The second-order valence-corrected chi connectivity index (χ2v) is 5.92. The van der Waals surface area contributed by atoms with Crippen LogP contribution in [0.3, 0.4) is 0 Å². The number of aliphatic hydroxyl groups excluding tert-OH is 1. The van der Waals surface area contributed by atoms with Gasteiger partial charge in [-0.1, -0.05) is 19.1 Å². The first-order chi connectivity index (χ1) is 10.2. The van der Waals surface area contributed by atoms with Crippen LogP contribution < -0.4 is 0 Å². The van der Waals surface area contributed by atoms with Gasteiger partial charge in [-0.05, 0) is 34.5 Å². The van der Waals surface area contributed by atoms with E-state index in [0.29, 0.717) is 12.2 Å². The number of benzene rings is 1. The summed E-state index contributed by atoms with van der Waals surface area (Å²) in [6, 6.07) is 7.73. The molecule has 0 aliphatic heterocycles. The molecule has 0 aliphatic carbocycles. The van der Waals surface area contributed by atoms with Crippen molar-refractivity contribution in [2.75, 3.05) is 0 Å². The maximum absolute atomic E-state index is 10.4. The third-order valence-electron chi connectivity index (χ3n) is 3.49. The van der Waals surface area contributed by atoms with Crippen LogP contribution in [0.5, 0.6) is 0 Å². The molecule has 0 saturated heterocycles. The maximum Gasteiger partial charge on any atom is 0.148 e. The third kappa shape index (κ3) is 2.89. The van der Waals surface area contributed by atoms with Crippen LogP contribution in [0.2, 0.25) is 0 Å². The van der Waals surface area contributed by atoms with Gasteiger partial charge in [0.2, 0.25) is 0 Å². The number of hydrogen-bond donors (Lipinski definition) is 1. The smallest absolute Gasteiger partial charge is 0.148 e. The van der Waals surface area contributed by atoms with Gasteiger partial charge in [-0.2, -0.15) is 0 Å². The molecule has 0 spiro atoms. The van der Waals surface area contributed by atoms with E-state index in [-0.39, 0.29) is 0 Å². The lowest BCUT2D eigenvalue weighted by atomic mass is 10.1. The van der Waals surface area contributed by atoms with Crippen LogP contribution >= 0.6 is 15.9 Å². The highest BCUT2D eigenvalue weighted by Crippen LogP contribution is 2.30. The molecule has 0 amide bonds. The number of furan rings is 1. The van der Waals surface area contributed by atoms with E-state index in [1.807, 2.05) is 30.5 Å². The van der Waals surface area contributed by atoms with E-state index < -0.39 is 6.10 Å². The van der Waals surface area contributed by atoms with Crippen LogP contribution in [-0.2, 0) is 13.0 Å². The quantitative estimate of drug-likeness (QED) is 0.755. The van der Waals surface area contributed by atoms with Crippen molar-refractivity contribution in [2.45, 2.75) is 32.4 Å². The lowest BCUT2D eigenvalue weighted by Crippen LogP contribution is -2.08. The van der Waals surface area contributed by atoms with Gasteiger partial charge in [-0.3, -0.25) is 0 Å². The zero-order valence-corrected chi connectivity index (χ0v) is 13.4. The number of aliphatic hydroxyl groups is 1. The summed E-state index contributed by atoms with van der Waals surface area (Å²) in [6.07, 6.45) is 4.51. The Morgan fingerprint density at radius 2 is 2.29 bits per heavy atom. The monoisotopic (exact) mass is 348 g/mol. The van der Waals surface area contributed by atoms with Gasteiger partial charge >= 0.3 is 0 Å². The van der Waals surface area contributed by atoms with E-state index in [2.05, 4.69) is 32.4 Å². The normalized spacial score (nSPS) is 12.9. The molecule has 1 aromatic carbocycles. The number of fused-ring (bicyclic) bond motifs is 1. The van der Waals surface area contributed by atoms with Crippen molar-refractivity contribution in [3.05, 3.63) is 52.7 Å². The topological polar surface area (TPSA) is 51.2 Å². The molecule has 3 aromatic rings. The Hall–Kier alpha value is -1.59. The second-order valence-electron chi connectivity index (χ2n) is 5.06. The zero-order chi connectivity index (χ0) is 14.8. The van der Waals surface area contributed by atoms with Gasteiger partial charge in [0.15, 0.2) is 0 Å². The van der Waals surface area contributed by atoms with Gasteiger partial charge in [0.05, 0.1) is 4.47 Å². The van der Waals surface area contributed by atoms with Crippen LogP contribution in [-0.4, -0.2) is 14.7 Å².